The number of carbonyl (C=O) groups excluding carboxylic acids is 1. The van der Waals surface area contributed by atoms with Crippen LogP contribution in [0.3, 0.4) is 0 Å². The zero-order valence-corrected chi connectivity index (χ0v) is 18.5. The van der Waals surface area contributed by atoms with Crippen molar-refractivity contribution in [3.8, 4) is 11.5 Å². The van der Waals surface area contributed by atoms with Gasteiger partial charge in [-0.25, -0.2) is 8.42 Å². The summed E-state index contributed by atoms with van der Waals surface area (Å²) < 4.78 is 39.1. The Morgan fingerprint density at radius 3 is 2.44 bits per heavy atom. The van der Waals surface area contributed by atoms with Gasteiger partial charge in [-0.05, 0) is 36.8 Å². The van der Waals surface area contributed by atoms with E-state index in [-0.39, 0.29) is 11.4 Å². The summed E-state index contributed by atoms with van der Waals surface area (Å²) in [7, 11) is -3.99. The molecular formula is C24H24N2O5S. The lowest BCUT2D eigenvalue weighted by Gasteiger charge is -2.26. The lowest BCUT2D eigenvalue weighted by atomic mass is 10.1. The average molecular weight is 453 g/mol. The Balaban J connectivity index is 1.61. The summed E-state index contributed by atoms with van der Waals surface area (Å²) in [5.74, 6) is 0.573. The van der Waals surface area contributed by atoms with Crippen molar-refractivity contribution in [3.63, 3.8) is 0 Å². The number of benzene rings is 3. The van der Waals surface area contributed by atoms with Crippen molar-refractivity contribution < 1.29 is 22.7 Å². The van der Waals surface area contributed by atoms with Crippen LogP contribution in [-0.4, -0.2) is 34.1 Å². The number of nitrogens with zero attached hydrogens (tertiary/aromatic N) is 1. The molecule has 0 aromatic heterocycles. The summed E-state index contributed by atoms with van der Waals surface area (Å²) in [5.41, 5.74) is 2.35. The number of hydrogen-bond acceptors (Lipinski definition) is 5. The van der Waals surface area contributed by atoms with Crippen LogP contribution in [0, 0.1) is 6.92 Å². The lowest BCUT2D eigenvalue weighted by Crippen LogP contribution is -2.40. The number of nitrogens with one attached hydrogen (secondary N) is 1. The quantitative estimate of drug-likeness (QED) is 0.595. The first kappa shape index (κ1) is 21.7. The molecule has 1 heterocycles. The lowest BCUT2D eigenvalue weighted by molar-refractivity contribution is -0.119. The van der Waals surface area contributed by atoms with Gasteiger partial charge in [0.2, 0.25) is 5.91 Å². The smallest absolute Gasteiger partial charge is 0.264 e. The molecule has 166 valence electrons. The van der Waals surface area contributed by atoms with E-state index in [0.29, 0.717) is 36.9 Å². The fourth-order valence-corrected chi connectivity index (χ4v) is 4.86. The van der Waals surface area contributed by atoms with Crippen LogP contribution in [0.4, 0.5) is 5.69 Å². The molecule has 32 heavy (non-hydrogen) atoms. The predicted molar refractivity (Wildman–Crippen MR) is 121 cm³/mol. The van der Waals surface area contributed by atoms with Gasteiger partial charge in [-0.2, -0.15) is 0 Å². The maximum absolute atomic E-state index is 13.4. The Labute approximate surface area is 187 Å². The second-order valence-electron chi connectivity index (χ2n) is 7.42. The van der Waals surface area contributed by atoms with Crippen molar-refractivity contribution in [2.45, 2.75) is 18.4 Å². The second-order valence-corrected chi connectivity index (χ2v) is 9.28. The molecule has 0 atom stereocenters. The van der Waals surface area contributed by atoms with Gasteiger partial charge in [-0.15, -0.1) is 0 Å². The predicted octanol–water partition coefficient (Wildman–Crippen LogP) is 3.28. The number of fused-ring (bicyclic) bond motifs is 1. The third kappa shape index (κ3) is 4.86. The monoisotopic (exact) mass is 452 g/mol. The molecule has 0 saturated carbocycles. The van der Waals surface area contributed by atoms with Gasteiger partial charge in [0.1, 0.15) is 19.8 Å². The van der Waals surface area contributed by atoms with Crippen molar-refractivity contribution in [2.24, 2.45) is 0 Å². The summed E-state index contributed by atoms with van der Waals surface area (Å²) >= 11 is 0. The number of hydrogen-bond donors (Lipinski definition) is 1. The molecular weight excluding hydrogens is 428 g/mol. The Bertz CT molecular complexity index is 1210. The Morgan fingerprint density at radius 2 is 1.69 bits per heavy atom. The fourth-order valence-electron chi connectivity index (χ4n) is 3.43. The molecule has 1 amide bonds. The van der Waals surface area contributed by atoms with E-state index in [0.717, 1.165) is 15.4 Å². The SMILES string of the molecule is Cc1cccc(CNC(=O)CN(c2ccc3c(c2)OCCO3)S(=O)(=O)c2ccccc2)c1. The highest BCUT2D eigenvalue weighted by molar-refractivity contribution is 7.92. The first-order valence-electron chi connectivity index (χ1n) is 10.2. The summed E-state index contributed by atoms with van der Waals surface area (Å²) in [6.07, 6.45) is 0. The molecule has 0 radical (unpaired) electrons. The van der Waals surface area contributed by atoms with Crippen LogP contribution in [-0.2, 0) is 21.4 Å². The van der Waals surface area contributed by atoms with Gasteiger partial charge < -0.3 is 14.8 Å². The van der Waals surface area contributed by atoms with E-state index in [9.17, 15) is 13.2 Å². The largest absolute Gasteiger partial charge is 0.486 e. The van der Waals surface area contributed by atoms with E-state index in [2.05, 4.69) is 5.32 Å². The highest BCUT2D eigenvalue weighted by Gasteiger charge is 2.28. The van der Waals surface area contributed by atoms with Gasteiger partial charge >= 0.3 is 0 Å². The van der Waals surface area contributed by atoms with Gasteiger partial charge in [0.05, 0.1) is 10.6 Å². The number of rotatable bonds is 7. The van der Waals surface area contributed by atoms with Crippen LogP contribution in [0.2, 0.25) is 0 Å². The zero-order valence-electron chi connectivity index (χ0n) is 17.7. The van der Waals surface area contributed by atoms with Crippen molar-refractivity contribution in [3.05, 3.63) is 83.9 Å². The first-order valence-corrected chi connectivity index (χ1v) is 11.7. The maximum Gasteiger partial charge on any atom is 0.264 e. The molecule has 1 N–H and O–H groups in total. The van der Waals surface area contributed by atoms with Crippen molar-refractivity contribution in [2.75, 3.05) is 24.1 Å². The third-order valence-corrected chi connectivity index (χ3v) is 6.79. The number of anilines is 1. The second kappa shape index (κ2) is 9.32. The summed E-state index contributed by atoms with van der Waals surface area (Å²) in [5, 5.41) is 2.81. The molecule has 0 unspecified atom stereocenters. The Morgan fingerprint density at radius 1 is 0.938 bits per heavy atom. The first-order chi connectivity index (χ1) is 15.4. The highest BCUT2D eigenvalue weighted by atomic mass is 32.2. The van der Waals surface area contributed by atoms with Crippen LogP contribution in [0.15, 0.2) is 77.7 Å². The van der Waals surface area contributed by atoms with Gasteiger partial charge in [-0.3, -0.25) is 9.10 Å². The molecule has 3 aromatic carbocycles. The number of aryl methyl sites for hydroxylation is 1. The van der Waals surface area contributed by atoms with E-state index in [1.165, 1.54) is 12.1 Å². The molecule has 0 spiro atoms. The van der Waals surface area contributed by atoms with Crippen molar-refractivity contribution >= 4 is 21.6 Å². The topological polar surface area (TPSA) is 84.9 Å². The Kier molecular flexibility index (Phi) is 6.32. The third-order valence-electron chi connectivity index (χ3n) is 5.00. The van der Waals surface area contributed by atoms with E-state index < -0.39 is 15.9 Å². The van der Waals surface area contributed by atoms with Gasteiger partial charge in [0.25, 0.3) is 10.0 Å². The molecule has 0 fully saturated rings. The number of sulfonamides is 1. The van der Waals surface area contributed by atoms with Crippen LogP contribution in [0.5, 0.6) is 11.5 Å². The fraction of sp³-hybridized carbons (Fsp3) is 0.208. The van der Waals surface area contributed by atoms with Crippen molar-refractivity contribution in [1.82, 2.24) is 5.32 Å². The van der Waals surface area contributed by atoms with Crippen LogP contribution < -0.4 is 19.1 Å². The van der Waals surface area contributed by atoms with E-state index >= 15 is 0 Å². The summed E-state index contributed by atoms with van der Waals surface area (Å²) in [6, 6.07) is 20.7. The van der Waals surface area contributed by atoms with Gasteiger partial charge in [0, 0.05) is 12.6 Å². The standard InChI is InChI=1S/C24H24N2O5S/c1-18-6-5-7-19(14-18)16-25-24(27)17-26(32(28,29)21-8-3-2-4-9-21)20-10-11-22-23(15-20)31-13-12-30-22/h2-11,14-15H,12-13,16-17H2,1H3,(H,25,27). The molecule has 7 nitrogen and oxygen atoms in total. The van der Waals surface area contributed by atoms with E-state index in [4.69, 9.17) is 9.47 Å². The molecule has 1 aliphatic rings. The Hall–Kier alpha value is -3.52. The van der Waals surface area contributed by atoms with Crippen molar-refractivity contribution in [1.29, 1.82) is 0 Å². The highest BCUT2D eigenvalue weighted by Crippen LogP contribution is 2.35. The number of amides is 1. The minimum absolute atomic E-state index is 0.0985. The average Bonchev–Trinajstić information content (AvgIpc) is 2.81. The molecule has 0 bridgehead atoms. The summed E-state index contributed by atoms with van der Waals surface area (Å²) in [6.45, 7) is 2.71. The van der Waals surface area contributed by atoms with E-state index in [1.807, 2.05) is 31.2 Å². The van der Waals surface area contributed by atoms with Gasteiger partial charge in [0.15, 0.2) is 11.5 Å². The van der Waals surface area contributed by atoms with Gasteiger partial charge in [-0.1, -0.05) is 48.0 Å². The maximum atomic E-state index is 13.4. The molecule has 3 aromatic rings. The van der Waals surface area contributed by atoms with Crippen LogP contribution >= 0.6 is 0 Å². The molecule has 1 aliphatic heterocycles. The number of carbonyl (C=O) groups is 1. The summed E-state index contributed by atoms with van der Waals surface area (Å²) in [4.78, 5) is 12.9. The molecule has 4 rings (SSSR count). The van der Waals surface area contributed by atoms with Crippen LogP contribution in [0.25, 0.3) is 0 Å². The molecule has 0 aliphatic carbocycles. The normalized spacial score (nSPS) is 12.8. The minimum atomic E-state index is -3.99. The zero-order chi connectivity index (χ0) is 22.6. The van der Waals surface area contributed by atoms with Crippen LogP contribution in [0.1, 0.15) is 11.1 Å². The minimum Gasteiger partial charge on any atom is -0.486 e. The molecule has 8 heteroatoms. The molecule has 0 saturated heterocycles. The number of ether oxygens (including phenoxy) is 2. The van der Waals surface area contributed by atoms with E-state index in [1.54, 1.807) is 36.4 Å².